The largest absolute Gasteiger partial charge is 0.319 e. The fraction of sp³-hybridized carbons (Fsp3) is 0.250. The van der Waals surface area contributed by atoms with E-state index in [4.69, 9.17) is 7.85 Å². The van der Waals surface area contributed by atoms with Crippen molar-refractivity contribution in [1.82, 2.24) is 9.88 Å². The van der Waals surface area contributed by atoms with E-state index in [1.165, 1.54) is 17.3 Å². The van der Waals surface area contributed by atoms with E-state index in [1.54, 1.807) is 12.1 Å². The number of ketones is 1. The Morgan fingerprint density at radius 1 is 1.59 bits per heavy atom. The lowest BCUT2D eigenvalue weighted by Gasteiger charge is -2.09. The Hall–Kier alpha value is -1.91. The second-order valence-corrected chi connectivity index (χ2v) is 3.90. The summed E-state index contributed by atoms with van der Waals surface area (Å²) in [5.74, 6) is -1.09. The van der Waals surface area contributed by atoms with Crippen LogP contribution < -0.4 is 5.46 Å². The third-order valence-corrected chi connectivity index (χ3v) is 2.82. The zero-order chi connectivity index (χ0) is 12.4. The Morgan fingerprint density at radius 2 is 2.35 bits per heavy atom. The topological polar surface area (TPSA) is 50.3 Å². The highest BCUT2D eigenvalue weighted by molar-refractivity contribution is 6.32. The molecule has 2 rings (SSSR count). The molecule has 1 unspecified atom stereocenters. The van der Waals surface area contributed by atoms with Gasteiger partial charge in [-0.2, -0.15) is 0 Å². The van der Waals surface area contributed by atoms with Gasteiger partial charge in [-0.05, 0) is 18.7 Å². The van der Waals surface area contributed by atoms with Crippen LogP contribution in [-0.4, -0.2) is 36.0 Å². The summed E-state index contributed by atoms with van der Waals surface area (Å²) in [5.41, 5.74) is 0.774. The molecule has 0 saturated carbocycles. The molecule has 5 heteroatoms. The predicted molar refractivity (Wildman–Crippen MR) is 64.0 cm³/mol. The molecule has 1 aliphatic heterocycles. The molecule has 0 aliphatic carbocycles. The van der Waals surface area contributed by atoms with Gasteiger partial charge in [0.2, 0.25) is 5.91 Å². The summed E-state index contributed by atoms with van der Waals surface area (Å²) in [5, 5.41) is 0. The van der Waals surface area contributed by atoms with Gasteiger partial charge in [-0.15, -0.1) is 0 Å². The minimum Gasteiger partial charge on any atom is -0.319 e. The SMILES string of the molecule is [B]c1ccc(C(=O)C2CCN(C=C)C2=O)nc1. The molecule has 1 saturated heterocycles. The smallest absolute Gasteiger partial charge is 0.237 e. The summed E-state index contributed by atoms with van der Waals surface area (Å²) in [6.07, 6.45) is 3.37. The Labute approximate surface area is 101 Å². The van der Waals surface area contributed by atoms with Crippen LogP contribution in [-0.2, 0) is 4.79 Å². The van der Waals surface area contributed by atoms with Gasteiger partial charge in [0.15, 0.2) is 5.78 Å². The third kappa shape index (κ3) is 2.13. The molecule has 84 valence electrons. The number of likely N-dealkylation sites (tertiary alicyclic amines) is 1. The van der Waals surface area contributed by atoms with Crippen molar-refractivity contribution in [1.29, 1.82) is 0 Å². The second-order valence-electron chi connectivity index (χ2n) is 3.90. The Balaban J connectivity index is 2.19. The number of carbonyl (C=O) groups is 2. The van der Waals surface area contributed by atoms with Gasteiger partial charge in [0, 0.05) is 12.7 Å². The Morgan fingerprint density at radius 3 is 2.88 bits per heavy atom. The molecule has 1 aromatic heterocycles. The predicted octanol–water partition coefficient (Wildman–Crippen LogP) is 0.0501. The number of pyridine rings is 1. The van der Waals surface area contributed by atoms with Gasteiger partial charge >= 0.3 is 0 Å². The van der Waals surface area contributed by atoms with E-state index in [-0.39, 0.29) is 17.4 Å². The number of carbonyl (C=O) groups excluding carboxylic acids is 2. The van der Waals surface area contributed by atoms with Crippen LogP contribution in [0.4, 0.5) is 0 Å². The van der Waals surface area contributed by atoms with Crippen molar-refractivity contribution in [2.75, 3.05) is 6.54 Å². The molecule has 2 heterocycles. The molecule has 17 heavy (non-hydrogen) atoms. The summed E-state index contributed by atoms with van der Waals surface area (Å²) in [6, 6.07) is 3.15. The average molecular weight is 226 g/mol. The van der Waals surface area contributed by atoms with Crippen molar-refractivity contribution in [2.24, 2.45) is 5.92 Å². The molecule has 1 aromatic rings. The summed E-state index contributed by atoms with van der Waals surface area (Å²) < 4.78 is 0. The van der Waals surface area contributed by atoms with Crippen LogP contribution in [0.3, 0.4) is 0 Å². The van der Waals surface area contributed by atoms with Crippen LogP contribution in [0.2, 0.25) is 0 Å². The molecule has 0 spiro atoms. The molecule has 1 atom stereocenters. The van der Waals surface area contributed by atoms with Gasteiger partial charge in [0.25, 0.3) is 0 Å². The van der Waals surface area contributed by atoms with E-state index in [1.807, 2.05) is 0 Å². The van der Waals surface area contributed by atoms with Gasteiger partial charge in [-0.1, -0.05) is 18.1 Å². The monoisotopic (exact) mass is 226 g/mol. The first kappa shape index (κ1) is 11.6. The molecular weight excluding hydrogens is 215 g/mol. The Bertz CT molecular complexity index is 470. The quantitative estimate of drug-likeness (QED) is 0.415. The van der Waals surface area contributed by atoms with Crippen LogP contribution in [0, 0.1) is 5.92 Å². The molecule has 0 aromatic carbocycles. The van der Waals surface area contributed by atoms with Crippen LogP contribution in [0.25, 0.3) is 0 Å². The standard InChI is InChI=1S/C12H11BN2O2/c1-2-15-6-5-9(12(15)17)11(16)10-4-3-8(13)7-14-10/h2-4,7,9H,1,5-6H2. The van der Waals surface area contributed by atoms with Gasteiger partial charge in [-0.3, -0.25) is 14.6 Å². The molecule has 1 amide bonds. The lowest BCUT2D eigenvalue weighted by Crippen LogP contribution is -2.27. The van der Waals surface area contributed by atoms with Crippen LogP contribution >= 0.6 is 0 Å². The fourth-order valence-electron chi connectivity index (χ4n) is 1.86. The number of rotatable bonds is 3. The zero-order valence-electron chi connectivity index (χ0n) is 9.30. The van der Waals surface area contributed by atoms with E-state index in [0.717, 1.165) is 0 Å². The molecule has 4 nitrogen and oxygen atoms in total. The van der Waals surface area contributed by atoms with E-state index in [2.05, 4.69) is 11.6 Å². The number of nitrogens with zero attached hydrogens (tertiary/aromatic N) is 2. The lowest BCUT2D eigenvalue weighted by molar-refractivity contribution is -0.127. The van der Waals surface area contributed by atoms with Crippen molar-refractivity contribution in [2.45, 2.75) is 6.42 Å². The first-order valence-corrected chi connectivity index (χ1v) is 5.32. The average Bonchev–Trinajstić information content (AvgIpc) is 2.70. The van der Waals surface area contributed by atoms with Crippen LogP contribution in [0.1, 0.15) is 16.9 Å². The minimum atomic E-state index is -0.635. The molecule has 0 N–H and O–H groups in total. The Kier molecular flexibility index (Phi) is 3.09. The highest BCUT2D eigenvalue weighted by atomic mass is 16.2. The minimum absolute atomic E-state index is 0.205. The van der Waals surface area contributed by atoms with E-state index >= 15 is 0 Å². The van der Waals surface area contributed by atoms with Crippen LogP contribution in [0.5, 0.6) is 0 Å². The number of aromatic nitrogens is 1. The third-order valence-electron chi connectivity index (χ3n) is 2.82. The van der Waals surface area contributed by atoms with Gasteiger partial charge in [0.05, 0.1) is 0 Å². The summed E-state index contributed by atoms with van der Waals surface area (Å²) in [4.78, 5) is 29.2. The lowest BCUT2D eigenvalue weighted by atomic mass is 9.96. The molecular formula is C12H11BN2O2. The maximum atomic E-state index is 12.0. The van der Waals surface area contributed by atoms with Crippen molar-refractivity contribution in [3.63, 3.8) is 0 Å². The van der Waals surface area contributed by atoms with Gasteiger partial charge in [-0.25, -0.2) is 0 Å². The van der Waals surface area contributed by atoms with E-state index in [0.29, 0.717) is 18.4 Å². The zero-order valence-corrected chi connectivity index (χ0v) is 9.30. The summed E-state index contributed by atoms with van der Waals surface area (Å²) in [7, 11) is 5.49. The van der Waals surface area contributed by atoms with Crippen molar-refractivity contribution in [3.05, 3.63) is 36.8 Å². The fourth-order valence-corrected chi connectivity index (χ4v) is 1.86. The molecule has 2 radical (unpaired) electrons. The first-order chi connectivity index (χ1) is 8.13. The van der Waals surface area contributed by atoms with Crippen molar-refractivity contribution < 1.29 is 9.59 Å². The summed E-state index contributed by atoms with van der Waals surface area (Å²) in [6.45, 7) is 4.07. The number of Topliss-reactive ketones (excluding diaryl/α,β-unsaturated/α-hetero) is 1. The van der Waals surface area contributed by atoms with Crippen molar-refractivity contribution in [3.8, 4) is 0 Å². The number of hydrogen-bond acceptors (Lipinski definition) is 3. The second kappa shape index (κ2) is 4.53. The maximum absolute atomic E-state index is 12.0. The first-order valence-electron chi connectivity index (χ1n) is 5.32. The van der Waals surface area contributed by atoms with Gasteiger partial charge < -0.3 is 4.90 Å². The van der Waals surface area contributed by atoms with Gasteiger partial charge in [0.1, 0.15) is 19.5 Å². The molecule has 0 bridgehead atoms. The number of amides is 1. The highest BCUT2D eigenvalue weighted by Crippen LogP contribution is 2.21. The summed E-state index contributed by atoms with van der Waals surface area (Å²) >= 11 is 0. The highest BCUT2D eigenvalue weighted by Gasteiger charge is 2.36. The maximum Gasteiger partial charge on any atom is 0.237 e. The molecule has 1 fully saturated rings. The van der Waals surface area contributed by atoms with E-state index < -0.39 is 5.92 Å². The van der Waals surface area contributed by atoms with Crippen LogP contribution in [0.15, 0.2) is 31.1 Å². The molecule has 1 aliphatic rings. The van der Waals surface area contributed by atoms with E-state index in [9.17, 15) is 9.59 Å². The normalized spacial score (nSPS) is 19.4. The number of hydrogen-bond donors (Lipinski definition) is 0. The van der Waals surface area contributed by atoms with Crippen molar-refractivity contribution >= 4 is 25.0 Å².